The molecule has 0 aliphatic heterocycles. The molecule has 4 nitrogen and oxygen atoms in total. The molecule has 1 atom stereocenters. The van der Waals surface area contributed by atoms with Gasteiger partial charge in [0.2, 0.25) is 0 Å². The van der Waals surface area contributed by atoms with Crippen LogP contribution in [-0.4, -0.2) is 10.2 Å². The van der Waals surface area contributed by atoms with Crippen LogP contribution in [0.5, 0.6) is 0 Å². The molecule has 0 spiro atoms. The van der Waals surface area contributed by atoms with E-state index in [4.69, 9.17) is 17.4 Å². The number of hydrogen-bond acceptors (Lipinski definition) is 5. The van der Waals surface area contributed by atoms with E-state index in [1.165, 1.54) is 0 Å². The molecule has 2 rings (SSSR count). The number of aryl methyl sites for hydroxylation is 2. The highest BCUT2D eigenvalue weighted by Gasteiger charge is 2.20. The van der Waals surface area contributed by atoms with Gasteiger partial charge in [0.25, 0.3) is 0 Å². The van der Waals surface area contributed by atoms with Gasteiger partial charge in [0.05, 0.1) is 22.5 Å². The summed E-state index contributed by atoms with van der Waals surface area (Å²) in [6.07, 6.45) is 0.809. The van der Waals surface area contributed by atoms with E-state index in [2.05, 4.69) is 15.6 Å². The van der Waals surface area contributed by atoms with Crippen LogP contribution in [0.1, 0.15) is 34.8 Å². The van der Waals surface area contributed by atoms with Crippen molar-refractivity contribution in [2.45, 2.75) is 26.3 Å². The summed E-state index contributed by atoms with van der Waals surface area (Å²) in [6.45, 7) is 3.96. The number of nitrogens with one attached hydrogen (secondary N) is 1. The van der Waals surface area contributed by atoms with E-state index in [0.29, 0.717) is 0 Å². The maximum atomic E-state index is 6.18. The molecule has 0 saturated carbocycles. The Balaban J connectivity index is 2.51. The summed E-state index contributed by atoms with van der Waals surface area (Å²) in [6, 6.07) is 3.74. The molecular formula is C12H15ClN4S. The van der Waals surface area contributed by atoms with Gasteiger partial charge >= 0.3 is 0 Å². The van der Waals surface area contributed by atoms with Crippen molar-refractivity contribution in [2.75, 3.05) is 0 Å². The van der Waals surface area contributed by atoms with Gasteiger partial charge in [-0.05, 0) is 30.9 Å². The van der Waals surface area contributed by atoms with Gasteiger partial charge in [-0.2, -0.15) is 10.2 Å². The minimum Gasteiger partial charge on any atom is -0.271 e. The first-order valence-corrected chi connectivity index (χ1v) is 6.95. The minimum absolute atomic E-state index is 0.137. The Hall–Kier alpha value is -1.01. The molecule has 0 amide bonds. The molecule has 2 aromatic rings. The Morgan fingerprint density at radius 1 is 1.50 bits per heavy atom. The minimum atomic E-state index is -0.137. The third-order valence-corrected chi connectivity index (χ3v) is 4.17. The predicted octanol–water partition coefficient (Wildman–Crippen LogP) is 2.62. The maximum Gasteiger partial charge on any atom is 0.0836 e. The van der Waals surface area contributed by atoms with Gasteiger partial charge in [-0.15, -0.1) is 11.3 Å². The van der Waals surface area contributed by atoms with E-state index in [-0.39, 0.29) is 6.04 Å². The van der Waals surface area contributed by atoms with Crippen molar-refractivity contribution in [3.63, 3.8) is 0 Å². The third kappa shape index (κ3) is 2.54. The number of nitrogens with two attached hydrogens (primary N) is 1. The molecule has 96 valence electrons. The zero-order valence-corrected chi connectivity index (χ0v) is 11.8. The smallest absolute Gasteiger partial charge is 0.0836 e. The summed E-state index contributed by atoms with van der Waals surface area (Å²) >= 11 is 7.76. The second-order valence-corrected chi connectivity index (χ2v) is 5.33. The van der Waals surface area contributed by atoms with Crippen LogP contribution < -0.4 is 11.3 Å². The van der Waals surface area contributed by atoms with Gasteiger partial charge in [-0.25, -0.2) is 5.43 Å². The summed E-state index contributed by atoms with van der Waals surface area (Å²) in [5.41, 5.74) is 5.67. The number of nitrogens with zero attached hydrogens (tertiary/aromatic N) is 2. The fourth-order valence-corrected chi connectivity index (χ4v) is 3.12. The molecule has 18 heavy (non-hydrogen) atoms. The molecule has 0 saturated heterocycles. The van der Waals surface area contributed by atoms with Crippen molar-refractivity contribution in [3.05, 3.63) is 44.4 Å². The first-order valence-electron chi connectivity index (χ1n) is 5.69. The summed E-state index contributed by atoms with van der Waals surface area (Å²) in [4.78, 5) is 1.00. The maximum absolute atomic E-state index is 6.18. The third-order valence-electron chi connectivity index (χ3n) is 2.75. The number of rotatable bonds is 4. The average Bonchev–Trinajstić information content (AvgIpc) is 2.77. The van der Waals surface area contributed by atoms with E-state index in [1.807, 2.05) is 31.4 Å². The Kier molecular flexibility index (Phi) is 4.29. The highest BCUT2D eigenvalue weighted by Crippen LogP contribution is 2.33. The Morgan fingerprint density at radius 3 is 2.83 bits per heavy atom. The Bertz CT molecular complexity index is 541. The Morgan fingerprint density at radius 2 is 2.28 bits per heavy atom. The lowest BCUT2D eigenvalue weighted by Crippen LogP contribution is -2.29. The predicted molar refractivity (Wildman–Crippen MR) is 74.6 cm³/mol. The normalized spacial score (nSPS) is 12.7. The first kappa shape index (κ1) is 13.4. The largest absolute Gasteiger partial charge is 0.271 e. The zero-order valence-electron chi connectivity index (χ0n) is 10.3. The summed E-state index contributed by atoms with van der Waals surface area (Å²) in [5.74, 6) is 5.69. The van der Waals surface area contributed by atoms with Gasteiger partial charge in [0, 0.05) is 10.4 Å². The number of aromatic nitrogens is 2. The van der Waals surface area contributed by atoms with Crippen LogP contribution >= 0.6 is 22.9 Å². The van der Waals surface area contributed by atoms with Crippen molar-refractivity contribution >= 4 is 22.9 Å². The van der Waals surface area contributed by atoms with Crippen molar-refractivity contribution in [1.29, 1.82) is 0 Å². The molecule has 6 heteroatoms. The molecule has 2 heterocycles. The lowest BCUT2D eigenvalue weighted by molar-refractivity contribution is 0.631. The lowest BCUT2D eigenvalue weighted by atomic mass is 10.0. The number of thiophene rings is 1. The van der Waals surface area contributed by atoms with E-state index >= 15 is 0 Å². The van der Waals surface area contributed by atoms with Gasteiger partial charge < -0.3 is 0 Å². The molecule has 0 aromatic carbocycles. The Labute approximate surface area is 115 Å². The number of hydrogen-bond donors (Lipinski definition) is 2. The lowest BCUT2D eigenvalue weighted by Gasteiger charge is -2.18. The van der Waals surface area contributed by atoms with Crippen LogP contribution in [0, 0.1) is 6.92 Å². The van der Waals surface area contributed by atoms with Crippen LogP contribution in [-0.2, 0) is 6.42 Å². The fraction of sp³-hybridized carbons (Fsp3) is 0.333. The van der Waals surface area contributed by atoms with E-state index < -0.39 is 0 Å². The number of hydrazine groups is 1. The van der Waals surface area contributed by atoms with Crippen molar-refractivity contribution in [2.24, 2.45) is 5.84 Å². The monoisotopic (exact) mass is 282 g/mol. The molecular weight excluding hydrogens is 268 g/mol. The second kappa shape index (κ2) is 5.75. The average molecular weight is 283 g/mol. The summed E-state index contributed by atoms with van der Waals surface area (Å²) < 4.78 is 0. The van der Waals surface area contributed by atoms with E-state index in [0.717, 1.165) is 33.3 Å². The SMILES string of the molecule is CCc1nnc(C)cc1C(NN)c1sccc1Cl. The summed E-state index contributed by atoms with van der Waals surface area (Å²) in [5, 5.41) is 11.0. The molecule has 0 radical (unpaired) electrons. The fourth-order valence-electron chi connectivity index (χ4n) is 1.88. The van der Waals surface area contributed by atoms with Crippen molar-refractivity contribution in [3.8, 4) is 0 Å². The molecule has 0 fully saturated rings. The van der Waals surface area contributed by atoms with E-state index in [9.17, 15) is 0 Å². The van der Waals surface area contributed by atoms with Crippen molar-refractivity contribution < 1.29 is 0 Å². The van der Waals surface area contributed by atoms with Crippen LogP contribution in [0.4, 0.5) is 0 Å². The second-order valence-electron chi connectivity index (χ2n) is 3.97. The van der Waals surface area contributed by atoms with Gasteiger partial charge in [0.1, 0.15) is 0 Å². The highest BCUT2D eigenvalue weighted by molar-refractivity contribution is 7.10. The van der Waals surface area contributed by atoms with E-state index in [1.54, 1.807) is 11.3 Å². The van der Waals surface area contributed by atoms with Crippen LogP contribution in [0.2, 0.25) is 5.02 Å². The quantitative estimate of drug-likeness (QED) is 0.668. The first-order chi connectivity index (χ1) is 8.67. The highest BCUT2D eigenvalue weighted by atomic mass is 35.5. The van der Waals surface area contributed by atoms with Crippen LogP contribution in [0.15, 0.2) is 17.5 Å². The van der Waals surface area contributed by atoms with Crippen molar-refractivity contribution in [1.82, 2.24) is 15.6 Å². The molecule has 0 aliphatic rings. The topological polar surface area (TPSA) is 63.8 Å². The summed E-state index contributed by atoms with van der Waals surface area (Å²) in [7, 11) is 0. The number of halogens is 1. The van der Waals surface area contributed by atoms with Gasteiger partial charge in [-0.3, -0.25) is 5.84 Å². The van der Waals surface area contributed by atoms with Gasteiger partial charge in [0.15, 0.2) is 0 Å². The molecule has 2 aromatic heterocycles. The van der Waals surface area contributed by atoms with Crippen LogP contribution in [0.3, 0.4) is 0 Å². The standard InChI is InChI=1S/C12H15ClN4S/c1-3-10-8(6-7(2)16-17-10)11(15-14)12-9(13)4-5-18-12/h4-6,11,15H,3,14H2,1-2H3. The molecule has 1 unspecified atom stereocenters. The van der Waals surface area contributed by atoms with Gasteiger partial charge in [-0.1, -0.05) is 18.5 Å². The molecule has 0 bridgehead atoms. The molecule has 3 N–H and O–H groups in total. The zero-order chi connectivity index (χ0) is 13.1. The molecule has 0 aliphatic carbocycles. The van der Waals surface area contributed by atoms with Crippen LogP contribution in [0.25, 0.3) is 0 Å².